The molecule has 10 heteroatoms. The van der Waals surface area contributed by atoms with Crippen LogP contribution in [0, 0.1) is 6.92 Å². The Kier molecular flexibility index (Phi) is 7.39. The summed E-state index contributed by atoms with van der Waals surface area (Å²) in [7, 11) is 0. The zero-order valence-electron chi connectivity index (χ0n) is 18.9. The van der Waals surface area contributed by atoms with E-state index < -0.39 is 6.03 Å². The Bertz CT molecular complexity index is 1340. The third-order valence-corrected chi connectivity index (χ3v) is 5.41. The van der Waals surface area contributed by atoms with Gasteiger partial charge in [-0.2, -0.15) is 5.10 Å². The number of aromatic nitrogens is 3. The van der Waals surface area contributed by atoms with Crippen molar-refractivity contribution in [3.8, 4) is 5.69 Å². The third-order valence-electron chi connectivity index (χ3n) is 5.09. The van der Waals surface area contributed by atoms with Crippen molar-refractivity contribution in [3.05, 3.63) is 95.5 Å². The average molecular weight is 491 g/mol. The normalized spacial score (nSPS) is 10.6. The Hall–Kier alpha value is -4.21. The van der Waals surface area contributed by atoms with E-state index in [9.17, 15) is 14.7 Å². The molecule has 0 bridgehead atoms. The number of aryl methyl sites for hydroxylation is 1. The number of nitrogens with one attached hydrogen (secondary N) is 2. The van der Waals surface area contributed by atoms with Gasteiger partial charge in [-0.1, -0.05) is 29.8 Å². The number of pyridine rings is 1. The van der Waals surface area contributed by atoms with Crippen molar-refractivity contribution in [2.45, 2.75) is 6.92 Å². The molecule has 0 saturated carbocycles. The molecule has 0 aliphatic carbocycles. The van der Waals surface area contributed by atoms with E-state index in [1.54, 1.807) is 71.7 Å². The summed E-state index contributed by atoms with van der Waals surface area (Å²) in [5.41, 5.74) is 3.45. The number of benzene rings is 2. The van der Waals surface area contributed by atoms with Crippen LogP contribution in [0.3, 0.4) is 0 Å². The lowest BCUT2D eigenvalue weighted by Crippen LogP contribution is -2.37. The van der Waals surface area contributed by atoms with Crippen molar-refractivity contribution in [1.82, 2.24) is 14.8 Å². The van der Waals surface area contributed by atoms with Gasteiger partial charge in [0.05, 0.1) is 59.5 Å². The van der Waals surface area contributed by atoms with Crippen molar-refractivity contribution in [2.24, 2.45) is 0 Å². The smallest absolute Gasteiger partial charge is 0.326 e. The minimum Gasteiger partial charge on any atom is -0.395 e. The van der Waals surface area contributed by atoms with E-state index in [0.717, 1.165) is 5.69 Å². The number of para-hydroxylation sites is 1. The van der Waals surface area contributed by atoms with Gasteiger partial charge < -0.3 is 15.7 Å². The Balaban J connectivity index is 1.48. The highest BCUT2D eigenvalue weighted by molar-refractivity contribution is 6.34. The highest BCUT2D eigenvalue weighted by Gasteiger charge is 2.18. The Morgan fingerprint density at radius 2 is 1.86 bits per heavy atom. The minimum atomic E-state index is -0.466. The van der Waals surface area contributed by atoms with Crippen molar-refractivity contribution in [2.75, 3.05) is 28.7 Å². The second-order valence-electron chi connectivity index (χ2n) is 7.62. The Morgan fingerprint density at radius 1 is 1.03 bits per heavy atom. The van der Waals surface area contributed by atoms with Crippen LogP contribution < -0.4 is 15.5 Å². The molecule has 35 heavy (non-hydrogen) atoms. The van der Waals surface area contributed by atoms with Crippen molar-refractivity contribution < 1.29 is 14.7 Å². The van der Waals surface area contributed by atoms with E-state index in [1.807, 2.05) is 13.0 Å². The summed E-state index contributed by atoms with van der Waals surface area (Å²) >= 11 is 6.23. The SMILES string of the molecule is Cc1ccc(NC(=O)c2cccc(-n3cc(NC(=O)N(CCO)c4ccccc4Cl)cn3)c2)cn1. The molecule has 0 spiro atoms. The van der Waals surface area contributed by atoms with Gasteiger partial charge in [-0.3, -0.25) is 14.7 Å². The number of nitrogens with zero attached hydrogens (tertiary/aromatic N) is 4. The fraction of sp³-hybridized carbons (Fsp3) is 0.120. The molecule has 4 rings (SSSR count). The van der Waals surface area contributed by atoms with E-state index in [4.69, 9.17) is 11.6 Å². The number of rotatable bonds is 7. The van der Waals surface area contributed by atoms with Crippen LogP contribution in [0.25, 0.3) is 5.69 Å². The number of carbonyl (C=O) groups is 2. The fourth-order valence-electron chi connectivity index (χ4n) is 3.36. The average Bonchev–Trinajstić information content (AvgIpc) is 3.33. The van der Waals surface area contributed by atoms with Crippen LogP contribution in [0.4, 0.5) is 21.9 Å². The molecule has 0 saturated heterocycles. The molecule has 0 aliphatic heterocycles. The summed E-state index contributed by atoms with van der Waals surface area (Å²) in [6.07, 6.45) is 4.72. The van der Waals surface area contributed by atoms with E-state index in [0.29, 0.717) is 33.3 Å². The van der Waals surface area contributed by atoms with Gasteiger partial charge >= 0.3 is 6.03 Å². The van der Waals surface area contributed by atoms with Crippen molar-refractivity contribution in [3.63, 3.8) is 0 Å². The number of anilines is 3. The largest absolute Gasteiger partial charge is 0.395 e. The lowest BCUT2D eigenvalue weighted by atomic mass is 10.2. The molecule has 3 N–H and O–H groups in total. The second-order valence-corrected chi connectivity index (χ2v) is 8.03. The standard InChI is InChI=1S/C25H23ClN6O3/c1-17-9-10-19(14-27-17)29-24(34)18-5-4-6-21(13-18)32-16-20(15-28-32)30-25(35)31(11-12-33)23-8-3-2-7-22(23)26/h2-10,13-16,33H,11-12H2,1H3,(H,29,34)(H,30,35). The highest BCUT2D eigenvalue weighted by atomic mass is 35.5. The first-order valence-electron chi connectivity index (χ1n) is 10.8. The Labute approximate surface area is 207 Å². The third kappa shape index (κ3) is 5.84. The zero-order chi connectivity index (χ0) is 24.8. The first-order chi connectivity index (χ1) is 16.9. The van der Waals surface area contributed by atoms with Gasteiger partial charge in [0.1, 0.15) is 0 Å². The molecule has 178 valence electrons. The molecule has 0 aliphatic rings. The van der Waals surface area contributed by atoms with Gasteiger partial charge in [0.2, 0.25) is 0 Å². The molecular formula is C25H23ClN6O3. The van der Waals surface area contributed by atoms with Gasteiger partial charge in [-0.05, 0) is 49.4 Å². The van der Waals surface area contributed by atoms with Gasteiger partial charge in [0.15, 0.2) is 0 Å². The molecule has 2 heterocycles. The molecule has 0 atom stereocenters. The molecule has 0 unspecified atom stereocenters. The van der Waals surface area contributed by atoms with Gasteiger partial charge in [0.25, 0.3) is 5.91 Å². The lowest BCUT2D eigenvalue weighted by molar-refractivity contribution is 0.102. The second kappa shape index (κ2) is 10.8. The number of aliphatic hydroxyl groups is 1. The van der Waals surface area contributed by atoms with Gasteiger partial charge in [0, 0.05) is 11.3 Å². The quantitative estimate of drug-likeness (QED) is 0.353. The predicted octanol–water partition coefficient (Wildman–Crippen LogP) is 4.51. The fourth-order valence-corrected chi connectivity index (χ4v) is 3.59. The Morgan fingerprint density at radius 3 is 2.60 bits per heavy atom. The van der Waals surface area contributed by atoms with Crippen LogP contribution in [-0.4, -0.2) is 45.0 Å². The zero-order valence-corrected chi connectivity index (χ0v) is 19.6. The van der Waals surface area contributed by atoms with Crippen LogP contribution in [0.2, 0.25) is 5.02 Å². The summed E-state index contributed by atoms with van der Waals surface area (Å²) in [4.78, 5) is 31.1. The van der Waals surface area contributed by atoms with E-state index in [2.05, 4.69) is 20.7 Å². The van der Waals surface area contributed by atoms with Crippen LogP contribution in [0.15, 0.2) is 79.3 Å². The minimum absolute atomic E-state index is 0.0668. The molecule has 9 nitrogen and oxygen atoms in total. The molecule has 3 amide bonds. The number of halogens is 1. The van der Waals surface area contributed by atoms with Crippen molar-refractivity contribution >= 4 is 40.6 Å². The van der Waals surface area contributed by atoms with E-state index in [-0.39, 0.29) is 19.1 Å². The van der Waals surface area contributed by atoms with Gasteiger partial charge in [-0.25, -0.2) is 9.48 Å². The van der Waals surface area contributed by atoms with Crippen molar-refractivity contribution in [1.29, 1.82) is 0 Å². The monoisotopic (exact) mass is 490 g/mol. The van der Waals surface area contributed by atoms with E-state index >= 15 is 0 Å². The number of carbonyl (C=O) groups excluding carboxylic acids is 2. The van der Waals surface area contributed by atoms with Gasteiger partial charge in [-0.15, -0.1) is 0 Å². The molecule has 2 aromatic carbocycles. The maximum Gasteiger partial charge on any atom is 0.326 e. The summed E-state index contributed by atoms with van der Waals surface area (Å²) < 4.78 is 1.55. The maximum atomic E-state index is 12.9. The first kappa shape index (κ1) is 23.9. The summed E-state index contributed by atoms with van der Waals surface area (Å²) in [5, 5.41) is 19.7. The van der Waals surface area contributed by atoms with Crippen LogP contribution in [0.5, 0.6) is 0 Å². The van der Waals surface area contributed by atoms with E-state index in [1.165, 1.54) is 11.1 Å². The van der Waals surface area contributed by atoms with Crippen LogP contribution in [0.1, 0.15) is 16.1 Å². The topological polar surface area (TPSA) is 112 Å². The maximum absolute atomic E-state index is 12.9. The number of urea groups is 1. The molecule has 2 aromatic heterocycles. The predicted molar refractivity (Wildman–Crippen MR) is 135 cm³/mol. The first-order valence-corrected chi connectivity index (χ1v) is 11.2. The highest BCUT2D eigenvalue weighted by Crippen LogP contribution is 2.26. The summed E-state index contributed by atoms with van der Waals surface area (Å²) in [6, 6.07) is 17.0. The summed E-state index contributed by atoms with van der Waals surface area (Å²) in [5.74, 6) is -0.280. The van der Waals surface area contributed by atoms with Crippen LogP contribution in [-0.2, 0) is 0 Å². The molecule has 0 radical (unpaired) electrons. The number of hydrogen-bond acceptors (Lipinski definition) is 5. The number of amides is 3. The molecular weight excluding hydrogens is 468 g/mol. The number of hydrogen-bond donors (Lipinski definition) is 3. The summed E-state index contributed by atoms with van der Waals surface area (Å²) in [6.45, 7) is 1.71. The number of aliphatic hydroxyl groups excluding tert-OH is 1. The van der Waals surface area contributed by atoms with Crippen LogP contribution >= 0.6 is 11.6 Å². The lowest BCUT2D eigenvalue weighted by Gasteiger charge is -2.22. The molecule has 4 aromatic rings. The molecule has 0 fully saturated rings.